The number of benzene rings is 3. The van der Waals surface area contributed by atoms with Gasteiger partial charge in [-0.05, 0) is 48.5 Å². The third-order valence-electron chi connectivity index (χ3n) is 6.08. The summed E-state index contributed by atoms with van der Waals surface area (Å²) in [6.45, 7) is -1.07. The van der Waals surface area contributed by atoms with Crippen molar-refractivity contribution in [3.8, 4) is 62.9 Å². The fraction of sp³-hybridized carbons (Fsp3) is 0.250. The molecule has 3 aromatic carbocycles. The first-order chi connectivity index (χ1) is 21.6. The van der Waals surface area contributed by atoms with Crippen molar-refractivity contribution in [1.29, 1.82) is 0 Å². The van der Waals surface area contributed by atoms with Gasteiger partial charge < -0.3 is 43.7 Å². The Balaban J connectivity index is 0.00000400. The van der Waals surface area contributed by atoms with Crippen molar-refractivity contribution in [2.45, 2.75) is 12.2 Å². The predicted octanol–water partition coefficient (Wildman–Crippen LogP) is -5.13. The summed E-state index contributed by atoms with van der Waals surface area (Å²) in [5.41, 5.74) is 0.736. The maximum absolute atomic E-state index is 10.8. The van der Waals surface area contributed by atoms with Crippen LogP contribution in [0.5, 0.6) is 28.7 Å². The molecule has 4 rings (SSSR count). The Morgan fingerprint density at radius 1 is 0.646 bits per heavy atom. The first-order valence-corrected chi connectivity index (χ1v) is 16.3. The molecule has 0 bridgehead atoms. The molecule has 246 valence electrons. The van der Waals surface area contributed by atoms with E-state index in [1.54, 1.807) is 24.3 Å². The van der Waals surface area contributed by atoms with Crippen molar-refractivity contribution in [2.75, 3.05) is 31.8 Å². The standard InChI is InChI=1S/C28H29N3O13S2.2Na/c1-42-19-4-2-16(3-5-19)26-29-27(22-8-6-20(10-24(22)34)43-12-17(32)14-45(36,37)38)31-28(30-26)23-9-7-21(11-25(23)35)44-13-18(33)15-46(39,40)41;;/h2-11,17-18,32-35H,12-15H2,1H3,(H,36,37,38)(H,39,40,41);;/q;2*+1/p-2. The summed E-state index contributed by atoms with van der Waals surface area (Å²) in [6, 6.07) is 14.6. The van der Waals surface area contributed by atoms with Crippen LogP contribution in [0.3, 0.4) is 0 Å². The first kappa shape index (κ1) is 41.6. The van der Waals surface area contributed by atoms with Crippen LogP contribution in [0.2, 0.25) is 0 Å². The average Bonchev–Trinajstić information content (AvgIpc) is 2.97. The molecular formula is C28H27N3Na2O13S2. The minimum atomic E-state index is -4.68. The van der Waals surface area contributed by atoms with Gasteiger partial charge in [0, 0.05) is 17.7 Å². The van der Waals surface area contributed by atoms with E-state index in [9.17, 15) is 46.4 Å². The second kappa shape index (κ2) is 17.9. The molecule has 0 saturated heterocycles. The smallest absolute Gasteiger partial charge is 0.748 e. The number of aromatic nitrogens is 3. The van der Waals surface area contributed by atoms with Gasteiger partial charge in [0.25, 0.3) is 0 Å². The number of ether oxygens (including phenoxy) is 3. The minimum Gasteiger partial charge on any atom is -0.748 e. The minimum absolute atomic E-state index is 0. The molecule has 0 saturated carbocycles. The molecule has 0 spiro atoms. The van der Waals surface area contributed by atoms with E-state index in [2.05, 4.69) is 15.0 Å². The van der Waals surface area contributed by atoms with E-state index in [4.69, 9.17) is 14.2 Å². The molecule has 0 amide bonds. The zero-order valence-corrected chi connectivity index (χ0v) is 31.5. The summed E-state index contributed by atoms with van der Waals surface area (Å²) in [5.74, 6) is -2.10. The molecule has 4 aromatic rings. The number of aliphatic hydroxyl groups is 2. The third kappa shape index (κ3) is 12.4. The number of hydrogen-bond acceptors (Lipinski definition) is 16. The summed E-state index contributed by atoms with van der Waals surface area (Å²) in [4.78, 5) is 13.4. The molecule has 4 N–H and O–H groups in total. The summed E-state index contributed by atoms with van der Waals surface area (Å²) in [7, 11) is -7.86. The Labute approximate surface area is 319 Å². The number of hydrogen-bond donors (Lipinski definition) is 4. The molecule has 1 heterocycles. The molecule has 0 fully saturated rings. The Morgan fingerprint density at radius 3 is 1.38 bits per heavy atom. The van der Waals surface area contributed by atoms with Gasteiger partial charge >= 0.3 is 59.1 Å². The Morgan fingerprint density at radius 2 is 1.02 bits per heavy atom. The summed E-state index contributed by atoms with van der Waals surface area (Å²) in [6.07, 6.45) is -3.18. The van der Waals surface area contributed by atoms with Gasteiger partial charge in [-0.3, -0.25) is 0 Å². The zero-order chi connectivity index (χ0) is 33.6. The fourth-order valence-corrected chi connectivity index (χ4v) is 5.15. The van der Waals surface area contributed by atoms with Crippen LogP contribution in [0.15, 0.2) is 60.7 Å². The molecule has 0 radical (unpaired) electrons. The average molecular weight is 724 g/mol. The van der Waals surface area contributed by atoms with Crippen LogP contribution in [0.1, 0.15) is 0 Å². The van der Waals surface area contributed by atoms with Gasteiger partial charge in [0.15, 0.2) is 17.5 Å². The predicted molar refractivity (Wildman–Crippen MR) is 158 cm³/mol. The molecule has 0 aliphatic rings. The summed E-state index contributed by atoms with van der Waals surface area (Å²) < 4.78 is 80.8. The van der Waals surface area contributed by atoms with Crippen molar-refractivity contribution in [1.82, 2.24) is 15.0 Å². The van der Waals surface area contributed by atoms with Gasteiger partial charge in [-0.25, -0.2) is 31.8 Å². The topological polar surface area (TPSA) is 262 Å². The van der Waals surface area contributed by atoms with Crippen molar-refractivity contribution in [2.24, 2.45) is 0 Å². The number of rotatable bonds is 14. The Hall–Kier alpha value is -2.59. The van der Waals surface area contributed by atoms with Gasteiger partial charge in [0.1, 0.15) is 54.2 Å². The van der Waals surface area contributed by atoms with Crippen molar-refractivity contribution < 1.29 is 120 Å². The van der Waals surface area contributed by atoms with Crippen LogP contribution in [0, 0.1) is 0 Å². The second-order valence-corrected chi connectivity index (χ2v) is 12.7. The number of phenolic OH excluding ortho intramolecular Hbond substituents is 2. The van der Waals surface area contributed by atoms with E-state index in [1.807, 2.05) is 0 Å². The monoisotopic (exact) mass is 723 g/mol. The molecule has 1 aromatic heterocycles. The number of phenols is 2. The summed E-state index contributed by atoms with van der Waals surface area (Å²) in [5, 5.41) is 41.0. The van der Waals surface area contributed by atoms with Crippen LogP contribution in [-0.4, -0.2) is 105 Å². The quantitative estimate of drug-likeness (QED) is 0.0700. The van der Waals surface area contributed by atoms with Gasteiger partial charge in [-0.2, -0.15) is 0 Å². The molecule has 0 aliphatic carbocycles. The number of aromatic hydroxyl groups is 2. The summed E-state index contributed by atoms with van der Waals surface area (Å²) >= 11 is 0. The number of methoxy groups -OCH3 is 1. The van der Waals surface area contributed by atoms with E-state index in [1.165, 1.54) is 43.5 Å². The normalized spacial score (nSPS) is 12.6. The van der Waals surface area contributed by atoms with Crippen LogP contribution in [0.25, 0.3) is 34.2 Å². The zero-order valence-electron chi connectivity index (χ0n) is 25.9. The van der Waals surface area contributed by atoms with Gasteiger partial charge in [-0.15, -0.1) is 0 Å². The SMILES string of the molecule is COc1ccc(-c2nc(-c3ccc(OCC(O)CS(=O)(=O)[O-])cc3O)nc(-c3ccc(OCC(O)CS(=O)(=O)[O-])cc3O)n2)cc1.[Na+].[Na+]. The van der Waals surface area contributed by atoms with E-state index < -0.39 is 57.2 Å². The number of nitrogens with zero attached hydrogens (tertiary/aromatic N) is 3. The van der Waals surface area contributed by atoms with Gasteiger partial charge in [0.05, 0.1) is 50.0 Å². The molecule has 2 unspecified atom stereocenters. The van der Waals surface area contributed by atoms with Crippen LogP contribution in [-0.2, 0) is 20.2 Å². The van der Waals surface area contributed by atoms with Crippen LogP contribution < -0.4 is 73.3 Å². The van der Waals surface area contributed by atoms with E-state index in [0.29, 0.717) is 11.3 Å². The number of aliphatic hydroxyl groups excluding tert-OH is 2. The second-order valence-electron chi connectivity index (χ2n) is 9.77. The molecule has 48 heavy (non-hydrogen) atoms. The van der Waals surface area contributed by atoms with E-state index in [-0.39, 0.29) is 111 Å². The van der Waals surface area contributed by atoms with Crippen LogP contribution in [0.4, 0.5) is 0 Å². The van der Waals surface area contributed by atoms with Gasteiger partial charge in [-0.1, -0.05) is 0 Å². The van der Waals surface area contributed by atoms with Crippen LogP contribution >= 0.6 is 0 Å². The van der Waals surface area contributed by atoms with Crippen molar-refractivity contribution in [3.05, 3.63) is 60.7 Å². The molecule has 0 aliphatic heterocycles. The molecule has 20 heteroatoms. The largest absolute Gasteiger partial charge is 1.00 e. The maximum Gasteiger partial charge on any atom is 1.00 e. The fourth-order valence-electron chi connectivity index (χ4n) is 4.02. The third-order valence-corrected chi connectivity index (χ3v) is 7.67. The molecule has 16 nitrogen and oxygen atoms in total. The van der Waals surface area contributed by atoms with Crippen molar-refractivity contribution in [3.63, 3.8) is 0 Å². The maximum atomic E-state index is 10.8. The van der Waals surface area contributed by atoms with Gasteiger partial charge in [0.2, 0.25) is 0 Å². The first-order valence-electron chi connectivity index (χ1n) is 13.2. The molecular weight excluding hydrogens is 696 g/mol. The Kier molecular flexibility index (Phi) is 15.5. The van der Waals surface area contributed by atoms with Crippen molar-refractivity contribution >= 4 is 20.2 Å². The Bertz CT molecular complexity index is 1800. The van der Waals surface area contributed by atoms with E-state index >= 15 is 0 Å². The molecule has 2 atom stereocenters. The van der Waals surface area contributed by atoms with E-state index in [0.717, 1.165) is 0 Å².